The van der Waals surface area contributed by atoms with Crippen molar-refractivity contribution < 1.29 is 17.9 Å². The summed E-state index contributed by atoms with van der Waals surface area (Å²) in [6, 6.07) is 2.41. The molecular formula is C12H12Cl2N4O4S. The standard InChI is InChI=1S/C12H12Cl2N4O4S/c1-18-5-6(11(15)19)12(16-18)17-23(20,21)10-4-7(13)9(22-2)3-8(10)14/h3-5H,1-2H3,(H2,15,19)(H,16,17). The summed E-state index contributed by atoms with van der Waals surface area (Å²) in [5.41, 5.74) is 5.11. The van der Waals surface area contributed by atoms with E-state index in [1.807, 2.05) is 0 Å². The SMILES string of the molecule is COc1cc(Cl)c(S(=O)(=O)Nc2nn(C)cc2C(N)=O)cc1Cl. The minimum Gasteiger partial charge on any atom is -0.495 e. The lowest BCUT2D eigenvalue weighted by Crippen LogP contribution is -2.18. The highest BCUT2D eigenvalue weighted by Gasteiger charge is 2.24. The van der Waals surface area contributed by atoms with Gasteiger partial charge in [-0.1, -0.05) is 23.2 Å². The van der Waals surface area contributed by atoms with Gasteiger partial charge in [-0.3, -0.25) is 14.2 Å². The van der Waals surface area contributed by atoms with Crippen LogP contribution in [0.15, 0.2) is 23.2 Å². The van der Waals surface area contributed by atoms with Gasteiger partial charge < -0.3 is 10.5 Å². The summed E-state index contributed by atoms with van der Waals surface area (Å²) < 4.78 is 33.3. The van der Waals surface area contributed by atoms with E-state index in [4.69, 9.17) is 33.7 Å². The van der Waals surface area contributed by atoms with E-state index in [1.54, 1.807) is 0 Å². The van der Waals surface area contributed by atoms with E-state index >= 15 is 0 Å². The van der Waals surface area contributed by atoms with Gasteiger partial charge >= 0.3 is 0 Å². The van der Waals surface area contributed by atoms with Crippen LogP contribution in [0.1, 0.15) is 10.4 Å². The molecule has 0 atom stereocenters. The van der Waals surface area contributed by atoms with E-state index in [0.29, 0.717) is 0 Å². The van der Waals surface area contributed by atoms with Gasteiger partial charge in [0, 0.05) is 19.3 Å². The average molecular weight is 379 g/mol. The maximum atomic E-state index is 12.5. The Kier molecular flexibility index (Phi) is 4.73. The highest BCUT2D eigenvalue weighted by atomic mass is 35.5. The number of hydrogen-bond acceptors (Lipinski definition) is 5. The van der Waals surface area contributed by atoms with Crippen LogP contribution < -0.4 is 15.2 Å². The maximum absolute atomic E-state index is 12.5. The van der Waals surface area contributed by atoms with Gasteiger partial charge in [0.1, 0.15) is 16.2 Å². The van der Waals surface area contributed by atoms with Crippen LogP contribution in [0.5, 0.6) is 5.75 Å². The molecule has 23 heavy (non-hydrogen) atoms. The lowest BCUT2D eigenvalue weighted by Gasteiger charge is -2.11. The minimum absolute atomic E-state index is 0.0634. The number of carbonyl (C=O) groups is 1. The second-order valence-electron chi connectivity index (χ2n) is 4.45. The van der Waals surface area contributed by atoms with E-state index in [1.165, 1.54) is 31.1 Å². The van der Waals surface area contributed by atoms with E-state index in [9.17, 15) is 13.2 Å². The lowest BCUT2D eigenvalue weighted by atomic mass is 10.3. The van der Waals surface area contributed by atoms with Crippen molar-refractivity contribution in [1.29, 1.82) is 0 Å². The molecule has 0 saturated carbocycles. The first kappa shape index (κ1) is 17.4. The van der Waals surface area contributed by atoms with Gasteiger partial charge in [-0.25, -0.2) is 8.42 Å². The van der Waals surface area contributed by atoms with E-state index < -0.39 is 15.9 Å². The smallest absolute Gasteiger partial charge is 0.264 e. The molecule has 0 saturated heterocycles. The van der Waals surface area contributed by atoms with Crippen molar-refractivity contribution in [2.45, 2.75) is 4.90 Å². The number of anilines is 1. The first-order valence-corrected chi connectivity index (χ1v) is 8.29. The number of amides is 1. The molecule has 0 spiro atoms. The molecule has 11 heteroatoms. The van der Waals surface area contributed by atoms with Crippen LogP contribution in [0, 0.1) is 0 Å². The summed E-state index contributed by atoms with van der Waals surface area (Å²) in [7, 11) is -1.25. The van der Waals surface area contributed by atoms with Gasteiger partial charge in [-0.05, 0) is 6.07 Å². The second kappa shape index (κ2) is 6.26. The van der Waals surface area contributed by atoms with Gasteiger partial charge in [0.05, 0.1) is 17.2 Å². The molecule has 1 aromatic heterocycles. The van der Waals surface area contributed by atoms with Crippen LogP contribution in [-0.4, -0.2) is 31.2 Å². The van der Waals surface area contributed by atoms with Crippen LogP contribution in [0.3, 0.4) is 0 Å². The number of nitrogens with one attached hydrogen (secondary N) is 1. The Balaban J connectivity index is 2.48. The highest BCUT2D eigenvalue weighted by molar-refractivity contribution is 7.92. The lowest BCUT2D eigenvalue weighted by molar-refractivity contribution is 0.100. The third kappa shape index (κ3) is 3.52. The number of halogens is 2. The summed E-state index contributed by atoms with van der Waals surface area (Å²) in [6.45, 7) is 0. The van der Waals surface area contributed by atoms with Crippen LogP contribution in [0.25, 0.3) is 0 Å². The molecule has 1 heterocycles. The van der Waals surface area contributed by atoms with Gasteiger partial charge in [0.25, 0.3) is 15.9 Å². The fourth-order valence-electron chi connectivity index (χ4n) is 1.80. The summed E-state index contributed by atoms with van der Waals surface area (Å²) in [5.74, 6) is -0.802. The van der Waals surface area contributed by atoms with Crippen LogP contribution >= 0.6 is 23.2 Å². The van der Waals surface area contributed by atoms with Crippen molar-refractivity contribution in [3.63, 3.8) is 0 Å². The third-order valence-corrected chi connectivity index (χ3v) is 4.92. The zero-order valence-corrected chi connectivity index (χ0v) is 14.3. The molecule has 0 aliphatic heterocycles. The molecule has 3 N–H and O–H groups in total. The van der Waals surface area contributed by atoms with Crippen LogP contribution in [-0.2, 0) is 17.1 Å². The zero-order chi connectivity index (χ0) is 17.4. The summed E-state index contributed by atoms with van der Waals surface area (Å²) in [4.78, 5) is 11.0. The largest absolute Gasteiger partial charge is 0.495 e. The van der Waals surface area contributed by atoms with Crippen molar-refractivity contribution >= 4 is 45.0 Å². The molecule has 0 aliphatic carbocycles. The van der Waals surface area contributed by atoms with E-state index in [2.05, 4.69) is 9.82 Å². The van der Waals surface area contributed by atoms with Crippen molar-refractivity contribution in [3.8, 4) is 5.75 Å². The fourth-order valence-corrected chi connectivity index (χ4v) is 3.67. The number of sulfonamides is 1. The van der Waals surface area contributed by atoms with Gasteiger partial charge in [-0.15, -0.1) is 0 Å². The number of primary amides is 1. The molecule has 2 aromatic rings. The molecule has 2 rings (SSSR count). The zero-order valence-electron chi connectivity index (χ0n) is 12.0. The molecular weight excluding hydrogens is 367 g/mol. The van der Waals surface area contributed by atoms with Crippen molar-refractivity contribution in [3.05, 3.63) is 33.9 Å². The van der Waals surface area contributed by atoms with Crippen molar-refractivity contribution in [2.24, 2.45) is 12.8 Å². The van der Waals surface area contributed by atoms with Crippen molar-refractivity contribution in [2.75, 3.05) is 11.8 Å². The Morgan fingerprint density at radius 3 is 2.57 bits per heavy atom. The topological polar surface area (TPSA) is 116 Å². The average Bonchev–Trinajstić information content (AvgIpc) is 2.80. The Labute approximate surface area is 142 Å². The summed E-state index contributed by atoms with van der Waals surface area (Å²) in [6.07, 6.45) is 1.29. The number of aryl methyl sites for hydroxylation is 1. The number of ether oxygens (including phenoxy) is 1. The molecule has 8 nitrogen and oxygen atoms in total. The number of aromatic nitrogens is 2. The Morgan fingerprint density at radius 2 is 2.00 bits per heavy atom. The summed E-state index contributed by atoms with van der Waals surface area (Å²) >= 11 is 11.9. The number of rotatable bonds is 5. The molecule has 0 fully saturated rings. The number of benzene rings is 1. The number of nitrogens with two attached hydrogens (primary N) is 1. The number of nitrogens with zero attached hydrogens (tertiary/aromatic N) is 2. The molecule has 0 unspecified atom stereocenters. The Morgan fingerprint density at radius 1 is 1.35 bits per heavy atom. The first-order valence-electron chi connectivity index (χ1n) is 6.05. The molecule has 124 valence electrons. The van der Waals surface area contributed by atoms with Crippen molar-refractivity contribution in [1.82, 2.24) is 9.78 Å². The quantitative estimate of drug-likeness (QED) is 0.819. The number of methoxy groups -OCH3 is 1. The van der Waals surface area contributed by atoms with E-state index in [0.717, 1.165) is 6.07 Å². The highest BCUT2D eigenvalue weighted by Crippen LogP contribution is 2.34. The first-order chi connectivity index (χ1) is 10.7. The normalized spacial score (nSPS) is 11.3. The predicted octanol–water partition coefficient (Wildman–Crippen LogP) is 1.64. The maximum Gasteiger partial charge on any atom is 0.264 e. The van der Waals surface area contributed by atoms with E-state index in [-0.39, 0.29) is 32.1 Å². The predicted molar refractivity (Wildman–Crippen MR) is 85.5 cm³/mol. The van der Waals surface area contributed by atoms with Gasteiger partial charge in [0.2, 0.25) is 0 Å². The van der Waals surface area contributed by atoms with Crippen LogP contribution in [0.4, 0.5) is 5.82 Å². The molecule has 0 aliphatic rings. The van der Waals surface area contributed by atoms with Gasteiger partial charge in [0.15, 0.2) is 5.82 Å². The number of carbonyl (C=O) groups excluding carboxylic acids is 1. The molecule has 1 amide bonds. The molecule has 0 radical (unpaired) electrons. The summed E-state index contributed by atoms with van der Waals surface area (Å²) in [5, 5.41) is 3.81. The Bertz CT molecular complexity index is 879. The van der Waals surface area contributed by atoms with Crippen LogP contribution in [0.2, 0.25) is 10.0 Å². The minimum atomic E-state index is -4.14. The monoisotopic (exact) mass is 378 g/mol. The van der Waals surface area contributed by atoms with Gasteiger partial charge in [-0.2, -0.15) is 5.10 Å². The Hall–Kier alpha value is -1.97. The third-order valence-electron chi connectivity index (χ3n) is 2.82. The molecule has 1 aromatic carbocycles. The second-order valence-corrected chi connectivity index (χ2v) is 6.92. The molecule has 0 bridgehead atoms. The fraction of sp³-hybridized carbons (Fsp3) is 0.167. The number of hydrogen-bond donors (Lipinski definition) is 2.